The van der Waals surface area contributed by atoms with E-state index in [0.29, 0.717) is 0 Å². The minimum Gasteiger partial charge on any atom is -0.320 e. The van der Waals surface area contributed by atoms with E-state index in [1.54, 1.807) is 11.3 Å². The summed E-state index contributed by atoms with van der Waals surface area (Å²) in [5.74, 6) is 0. The molecule has 2 N–H and O–H groups in total. The summed E-state index contributed by atoms with van der Waals surface area (Å²) in [6.07, 6.45) is 0. The van der Waals surface area contributed by atoms with E-state index in [4.69, 9.17) is 5.73 Å². The van der Waals surface area contributed by atoms with Gasteiger partial charge in [0.25, 0.3) is 0 Å². The smallest absolute Gasteiger partial charge is 0.0559 e. The van der Waals surface area contributed by atoms with Gasteiger partial charge in [0.1, 0.15) is 0 Å². The standard InChI is InChI=1S/C12H13NS/c1-9-2-4-10(5-3-9)12(13)11-6-7-14-8-11/h2-8,12H,13H2,1H3/t12-/m1/s1. The first-order valence-electron chi connectivity index (χ1n) is 4.61. The van der Waals surface area contributed by atoms with Crippen molar-refractivity contribution in [1.82, 2.24) is 0 Å². The van der Waals surface area contributed by atoms with Crippen LogP contribution in [0, 0.1) is 6.92 Å². The molecule has 0 bridgehead atoms. The Balaban J connectivity index is 2.28. The number of benzene rings is 1. The maximum absolute atomic E-state index is 6.12. The van der Waals surface area contributed by atoms with Crippen LogP contribution >= 0.6 is 11.3 Å². The molecular weight excluding hydrogens is 190 g/mol. The number of rotatable bonds is 2. The summed E-state index contributed by atoms with van der Waals surface area (Å²) < 4.78 is 0. The summed E-state index contributed by atoms with van der Waals surface area (Å²) in [6, 6.07) is 10.5. The van der Waals surface area contributed by atoms with Gasteiger partial charge in [-0.1, -0.05) is 29.8 Å². The minimum absolute atomic E-state index is 0.0156. The molecular formula is C12H13NS. The van der Waals surface area contributed by atoms with Crippen molar-refractivity contribution in [3.8, 4) is 0 Å². The van der Waals surface area contributed by atoms with Gasteiger partial charge < -0.3 is 5.73 Å². The molecule has 14 heavy (non-hydrogen) atoms. The molecule has 0 unspecified atom stereocenters. The molecule has 0 spiro atoms. The first-order valence-corrected chi connectivity index (χ1v) is 5.56. The van der Waals surface area contributed by atoms with E-state index in [-0.39, 0.29) is 6.04 Å². The summed E-state index contributed by atoms with van der Waals surface area (Å²) in [5, 5.41) is 4.16. The van der Waals surface area contributed by atoms with E-state index in [1.165, 1.54) is 16.7 Å². The van der Waals surface area contributed by atoms with Gasteiger partial charge in [-0.05, 0) is 34.9 Å². The van der Waals surface area contributed by atoms with Crippen LogP contribution in [0.15, 0.2) is 41.1 Å². The Kier molecular flexibility index (Phi) is 2.66. The van der Waals surface area contributed by atoms with Crippen LogP contribution in [0.5, 0.6) is 0 Å². The predicted molar refractivity (Wildman–Crippen MR) is 61.5 cm³/mol. The van der Waals surface area contributed by atoms with Crippen LogP contribution < -0.4 is 5.73 Å². The molecule has 0 aliphatic rings. The van der Waals surface area contributed by atoms with E-state index in [0.717, 1.165) is 0 Å². The fourth-order valence-electron chi connectivity index (χ4n) is 1.42. The molecule has 1 heterocycles. The van der Waals surface area contributed by atoms with Gasteiger partial charge in [-0.2, -0.15) is 11.3 Å². The highest BCUT2D eigenvalue weighted by Crippen LogP contribution is 2.21. The molecule has 0 saturated carbocycles. The Bertz CT molecular complexity index is 389. The molecule has 0 saturated heterocycles. The first kappa shape index (κ1) is 9.44. The average molecular weight is 203 g/mol. The molecule has 0 radical (unpaired) electrons. The van der Waals surface area contributed by atoms with Gasteiger partial charge in [-0.3, -0.25) is 0 Å². The van der Waals surface area contributed by atoms with Crippen LogP contribution in [0.4, 0.5) is 0 Å². The second-order valence-electron chi connectivity index (χ2n) is 3.45. The van der Waals surface area contributed by atoms with Crippen molar-refractivity contribution in [3.05, 3.63) is 57.8 Å². The molecule has 1 nitrogen and oxygen atoms in total. The van der Waals surface area contributed by atoms with Crippen LogP contribution in [0.3, 0.4) is 0 Å². The van der Waals surface area contributed by atoms with Crippen molar-refractivity contribution < 1.29 is 0 Å². The minimum atomic E-state index is 0.0156. The Morgan fingerprint density at radius 1 is 1.07 bits per heavy atom. The Labute approximate surface area is 88.2 Å². The molecule has 72 valence electrons. The SMILES string of the molecule is Cc1ccc([C@@H](N)c2ccsc2)cc1. The second-order valence-corrected chi connectivity index (χ2v) is 4.23. The second kappa shape index (κ2) is 3.95. The highest BCUT2D eigenvalue weighted by atomic mass is 32.1. The zero-order valence-electron chi connectivity index (χ0n) is 8.10. The van der Waals surface area contributed by atoms with Crippen molar-refractivity contribution in [2.75, 3.05) is 0 Å². The lowest BCUT2D eigenvalue weighted by Crippen LogP contribution is -2.10. The Morgan fingerprint density at radius 3 is 2.36 bits per heavy atom. The topological polar surface area (TPSA) is 26.0 Å². The highest BCUT2D eigenvalue weighted by Gasteiger charge is 2.07. The monoisotopic (exact) mass is 203 g/mol. The average Bonchev–Trinajstić information content (AvgIpc) is 2.71. The zero-order chi connectivity index (χ0) is 9.97. The summed E-state index contributed by atoms with van der Waals surface area (Å²) in [6.45, 7) is 2.08. The maximum Gasteiger partial charge on any atom is 0.0559 e. The Morgan fingerprint density at radius 2 is 1.79 bits per heavy atom. The van der Waals surface area contributed by atoms with Crippen LogP contribution in [0.1, 0.15) is 22.7 Å². The molecule has 1 aromatic carbocycles. The van der Waals surface area contributed by atoms with Gasteiger partial charge in [0, 0.05) is 0 Å². The lowest BCUT2D eigenvalue weighted by molar-refractivity contribution is 0.876. The molecule has 0 aliphatic carbocycles. The third-order valence-electron chi connectivity index (χ3n) is 2.34. The lowest BCUT2D eigenvalue weighted by atomic mass is 10.0. The first-order chi connectivity index (χ1) is 6.77. The molecule has 0 aliphatic heterocycles. The van der Waals surface area contributed by atoms with Crippen molar-refractivity contribution in [3.63, 3.8) is 0 Å². The van der Waals surface area contributed by atoms with E-state index in [2.05, 4.69) is 48.0 Å². The van der Waals surface area contributed by atoms with Gasteiger partial charge in [0.05, 0.1) is 6.04 Å². The fourth-order valence-corrected chi connectivity index (χ4v) is 2.11. The number of hydrogen-bond donors (Lipinski definition) is 1. The van der Waals surface area contributed by atoms with Gasteiger partial charge in [0.15, 0.2) is 0 Å². The van der Waals surface area contributed by atoms with Crippen LogP contribution in [-0.4, -0.2) is 0 Å². The van der Waals surface area contributed by atoms with Gasteiger partial charge in [-0.15, -0.1) is 0 Å². The normalized spacial score (nSPS) is 12.7. The third-order valence-corrected chi connectivity index (χ3v) is 3.04. The quantitative estimate of drug-likeness (QED) is 0.797. The van der Waals surface area contributed by atoms with Crippen LogP contribution in [0.25, 0.3) is 0 Å². The lowest BCUT2D eigenvalue weighted by Gasteiger charge is -2.10. The summed E-state index contributed by atoms with van der Waals surface area (Å²) in [5.41, 5.74) is 9.76. The number of nitrogens with two attached hydrogens (primary N) is 1. The molecule has 0 amide bonds. The Hall–Kier alpha value is -1.12. The summed E-state index contributed by atoms with van der Waals surface area (Å²) in [4.78, 5) is 0. The molecule has 1 aromatic heterocycles. The largest absolute Gasteiger partial charge is 0.320 e. The summed E-state index contributed by atoms with van der Waals surface area (Å²) in [7, 11) is 0. The van der Waals surface area contributed by atoms with Gasteiger partial charge in [-0.25, -0.2) is 0 Å². The number of hydrogen-bond acceptors (Lipinski definition) is 2. The molecule has 1 atom stereocenters. The summed E-state index contributed by atoms with van der Waals surface area (Å²) >= 11 is 1.69. The van der Waals surface area contributed by atoms with E-state index < -0.39 is 0 Å². The van der Waals surface area contributed by atoms with E-state index >= 15 is 0 Å². The molecule has 2 rings (SSSR count). The fraction of sp³-hybridized carbons (Fsp3) is 0.167. The molecule has 2 heteroatoms. The molecule has 2 aromatic rings. The van der Waals surface area contributed by atoms with Crippen molar-refractivity contribution >= 4 is 11.3 Å². The van der Waals surface area contributed by atoms with E-state index in [1.807, 2.05) is 0 Å². The predicted octanol–water partition coefficient (Wildman–Crippen LogP) is 3.10. The number of aryl methyl sites for hydroxylation is 1. The third kappa shape index (κ3) is 1.86. The van der Waals surface area contributed by atoms with Crippen molar-refractivity contribution in [2.24, 2.45) is 5.73 Å². The zero-order valence-corrected chi connectivity index (χ0v) is 8.92. The van der Waals surface area contributed by atoms with E-state index in [9.17, 15) is 0 Å². The van der Waals surface area contributed by atoms with Crippen LogP contribution in [-0.2, 0) is 0 Å². The van der Waals surface area contributed by atoms with Gasteiger partial charge >= 0.3 is 0 Å². The number of thiophene rings is 1. The van der Waals surface area contributed by atoms with Crippen molar-refractivity contribution in [1.29, 1.82) is 0 Å². The maximum atomic E-state index is 6.12. The van der Waals surface area contributed by atoms with Crippen molar-refractivity contribution in [2.45, 2.75) is 13.0 Å². The van der Waals surface area contributed by atoms with Crippen LogP contribution in [0.2, 0.25) is 0 Å². The highest BCUT2D eigenvalue weighted by molar-refractivity contribution is 7.08. The molecule has 0 fully saturated rings. The van der Waals surface area contributed by atoms with Gasteiger partial charge in [0.2, 0.25) is 0 Å².